The average molecular weight is 308 g/mol. The lowest BCUT2D eigenvalue weighted by Crippen LogP contribution is -1.97. The molecule has 0 saturated carbocycles. The van der Waals surface area contributed by atoms with Gasteiger partial charge < -0.3 is 10.3 Å². The molecule has 2 aromatic heterocycles. The zero-order valence-electron chi connectivity index (χ0n) is 14.3. The van der Waals surface area contributed by atoms with Crippen LogP contribution in [-0.2, 0) is 12.8 Å². The molecule has 4 heteroatoms. The highest BCUT2D eigenvalue weighted by atomic mass is 15.0. The van der Waals surface area contributed by atoms with Crippen molar-refractivity contribution < 1.29 is 0 Å². The van der Waals surface area contributed by atoms with Crippen LogP contribution in [0, 0.1) is 13.8 Å². The van der Waals surface area contributed by atoms with Crippen LogP contribution in [0.5, 0.6) is 0 Å². The molecule has 4 nitrogen and oxygen atoms in total. The molecule has 0 aliphatic rings. The van der Waals surface area contributed by atoms with Crippen LogP contribution >= 0.6 is 0 Å². The van der Waals surface area contributed by atoms with E-state index in [0.717, 1.165) is 41.8 Å². The first-order valence-corrected chi connectivity index (χ1v) is 8.32. The highest BCUT2D eigenvalue weighted by molar-refractivity contribution is 5.93. The van der Waals surface area contributed by atoms with Gasteiger partial charge in [-0.25, -0.2) is 9.97 Å². The number of H-pyrrole nitrogens is 1. The predicted octanol–water partition coefficient (Wildman–Crippen LogP) is 4.83. The number of hydrogen-bond donors (Lipinski definition) is 2. The first kappa shape index (κ1) is 15.5. The number of benzene rings is 1. The van der Waals surface area contributed by atoms with Crippen molar-refractivity contribution >= 4 is 22.5 Å². The van der Waals surface area contributed by atoms with Gasteiger partial charge in [-0.1, -0.05) is 26.3 Å². The summed E-state index contributed by atoms with van der Waals surface area (Å²) in [7, 11) is 0. The molecule has 2 N–H and O–H groups in total. The Kier molecular flexibility index (Phi) is 4.33. The quantitative estimate of drug-likeness (QED) is 0.709. The number of aromatic amines is 1. The SMILES string of the molecule is CCCc1[nH]c2ncnc(Nc3ccc(C)c(C)c3)c2c1CC. The molecule has 2 heterocycles. The maximum Gasteiger partial charge on any atom is 0.143 e. The van der Waals surface area contributed by atoms with Crippen molar-refractivity contribution in [3.8, 4) is 0 Å². The van der Waals surface area contributed by atoms with E-state index in [-0.39, 0.29) is 0 Å². The Morgan fingerprint density at radius 3 is 2.61 bits per heavy atom. The van der Waals surface area contributed by atoms with E-state index < -0.39 is 0 Å². The lowest BCUT2D eigenvalue weighted by atomic mass is 10.1. The summed E-state index contributed by atoms with van der Waals surface area (Å²) < 4.78 is 0. The van der Waals surface area contributed by atoms with Gasteiger partial charge in [0.1, 0.15) is 17.8 Å². The van der Waals surface area contributed by atoms with Crippen LogP contribution in [0.2, 0.25) is 0 Å². The van der Waals surface area contributed by atoms with Gasteiger partial charge in [-0.3, -0.25) is 0 Å². The minimum Gasteiger partial charge on any atom is -0.343 e. The van der Waals surface area contributed by atoms with Crippen LogP contribution in [0.25, 0.3) is 11.0 Å². The van der Waals surface area contributed by atoms with Crippen molar-refractivity contribution in [2.45, 2.75) is 47.0 Å². The summed E-state index contributed by atoms with van der Waals surface area (Å²) in [5.41, 5.74) is 7.17. The van der Waals surface area contributed by atoms with E-state index in [9.17, 15) is 0 Å². The molecule has 3 rings (SSSR count). The number of anilines is 2. The maximum atomic E-state index is 4.49. The van der Waals surface area contributed by atoms with E-state index in [0.29, 0.717) is 0 Å². The van der Waals surface area contributed by atoms with Crippen molar-refractivity contribution in [1.29, 1.82) is 0 Å². The summed E-state index contributed by atoms with van der Waals surface area (Å²) in [5.74, 6) is 0.883. The second-order valence-electron chi connectivity index (χ2n) is 6.06. The summed E-state index contributed by atoms with van der Waals surface area (Å²) >= 11 is 0. The van der Waals surface area contributed by atoms with Gasteiger partial charge in [-0.2, -0.15) is 0 Å². The predicted molar refractivity (Wildman–Crippen MR) is 96.5 cm³/mol. The number of hydrogen-bond acceptors (Lipinski definition) is 3. The average Bonchev–Trinajstić information content (AvgIpc) is 2.89. The standard InChI is InChI=1S/C19H24N4/c1-5-7-16-15(6-2)17-18(20-11-21-19(17)23-16)22-14-9-8-12(3)13(4)10-14/h8-11H,5-7H2,1-4H3,(H2,20,21,22,23). The van der Waals surface area contributed by atoms with E-state index >= 15 is 0 Å². The van der Waals surface area contributed by atoms with Crippen LogP contribution < -0.4 is 5.32 Å². The highest BCUT2D eigenvalue weighted by Gasteiger charge is 2.15. The molecule has 0 bridgehead atoms. The van der Waals surface area contributed by atoms with Gasteiger partial charge >= 0.3 is 0 Å². The zero-order chi connectivity index (χ0) is 16.4. The molecule has 0 unspecified atom stereocenters. The Morgan fingerprint density at radius 1 is 1.09 bits per heavy atom. The second-order valence-corrected chi connectivity index (χ2v) is 6.06. The minimum absolute atomic E-state index is 0.883. The van der Waals surface area contributed by atoms with Crippen molar-refractivity contribution in [2.24, 2.45) is 0 Å². The van der Waals surface area contributed by atoms with Crippen LogP contribution in [0.4, 0.5) is 11.5 Å². The van der Waals surface area contributed by atoms with Crippen LogP contribution in [0.3, 0.4) is 0 Å². The van der Waals surface area contributed by atoms with Crippen LogP contribution in [0.15, 0.2) is 24.5 Å². The Labute approximate surface area is 137 Å². The molecule has 1 aromatic carbocycles. The van der Waals surface area contributed by atoms with E-state index in [1.807, 2.05) is 0 Å². The lowest BCUT2D eigenvalue weighted by Gasteiger charge is -2.10. The van der Waals surface area contributed by atoms with E-state index in [1.165, 1.54) is 22.4 Å². The summed E-state index contributed by atoms with van der Waals surface area (Å²) in [6.45, 7) is 8.64. The van der Waals surface area contributed by atoms with Gasteiger partial charge in [0.25, 0.3) is 0 Å². The molecule has 0 radical (unpaired) electrons. The highest BCUT2D eigenvalue weighted by Crippen LogP contribution is 2.30. The second kappa shape index (κ2) is 6.41. The normalized spacial score (nSPS) is 11.1. The van der Waals surface area contributed by atoms with E-state index in [1.54, 1.807) is 6.33 Å². The molecular formula is C19H24N4. The fraction of sp³-hybridized carbons (Fsp3) is 0.368. The third kappa shape index (κ3) is 2.93. The van der Waals surface area contributed by atoms with E-state index in [4.69, 9.17) is 0 Å². The van der Waals surface area contributed by atoms with Crippen molar-refractivity contribution in [2.75, 3.05) is 5.32 Å². The Balaban J connectivity index is 2.07. The van der Waals surface area contributed by atoms with Crippen molar-refractivity contribution in [3.63, 3.8) is 0 Å². The van der Waals surface area contributed by atoms with Gasteiger partial charge in [-0.05, 0) is 55.5 Å². The summed E-state index contributed by atoms with van der Waals surface area (Å²) in [6.07, 6.45) is 4.76. The van der Waals surface area contributed by atoms with Gasteiger partial charge in [0.15, 0.2) is 0 Å². The molecule has 0 spiro atoms. The molecule has 0 saturated heterocycles. The molecule has 0 fully saturated rings. The molecule has 3 aromatic rings. The lowest BCUT2D eigenvalue weighted by molar-refractivity contribution is 0.876. The fourth-order valence-corrected chi connectivity index (χ4v) is 3.04. The topological polar surface area (TPSA) is 53.6 Å². The summed E-state index contributed by atoms with van der Waals surface area (Å²) in [6, 6.07) is 6.40. The minimum atomic E-state index is 0.883. The van der Waals surface area contributed by atoms with Crippen LogP contribution in [-0.4, -0.2) is 15.0 Å². The summed E-state index contributed by atoms with van der Waals surface area (Å²) in [5, 5.41) is 4.60. The number of aromatic nitrogens is 3. The first-order valence-electron chi connectivity index (χ1n) is 8.32. The molecule has 0 aliphatic carbocycles. The van der Waals surface area contributed by atoms with Crippen LogP contribution in [0.1, 0.15) is 42.7 Å². The first-order chi connectivity index (χ1) is 11.1. The molecule has 0 aliphatic heterocycles. The third-order valence-electron chi connectivity index (χ3n) is 4.41. The molecule has 0 atom stereocenters. The van der Waals surface area contributed by atoms with Gasteiger partial charge in [0.05, 0.1) is 5.39 Å². The van der Waals surface area contributed by atoms with Gasteiger partial charge in [-0.15, -0.1) is 0 Å². The Morgan fingerprint density at radius 2 is 1.91 bits per heavy atom. The summed E-state index contributed by atoms with van der Waals surface area (Å²) in [4.78, 5) is 12.4. The largest absolute Gasteiger partial charge is 0.343 e. The van der Waals surface area contributed by atoms with Crippen molar-refractivity contribution in [3.05, 3.63) is 46.9 Å². The molecule has 120 valence electrons. The Bertz CT molecular complexity index is 833. The van der Waals surface area contributed by atoms with Gasteiger partial charge in [0, 0.05) is 11.4 Å². The number of nitrogens with one attached hydrogen (secondary N) is 2. The number of fused-ring (bicyclic) bond motifs is 1. The number of aryl methyl sites for hydroxylation is 4. The smallest absolute Gasteiger partial charge is 0.143 e. The zero-order valence-corrected chi connectivity index (χ0v) is 14.3. The number of rotatable bonds is 5. The number of nitrogens with zero attached hydrogens (tertiary/aromatic N) is 2. The van der Waals surface area contributed by atoms with E-state index in [2.05, 4.69) is 66.2 Å². The maximum absolute atomic E-state index is 4.49. The molecular weight excluding hydrogens is 284 g/mol. The molecule has 23 heavy (non-hydrogen) atoms. The van der Waals surface area contributed by atoms with Gasteiger partial charge in [0.2, 0.25) is 0 Å². The van der Waals surface area contributed by atoms with Crippen molar-refractivity contribution in [1.82, 2.24) is 15.0 Å². The Hall–Kier alpha value is -2.36. The molecule has 0 amide bonds. The monoisotopic (exact) mass is 308 g/mol. The fourth-order valence-electron chi connectivity index (χ4n) is 3.04. The third-order valence-corrected chi connectivity index (χ3v) is 4.41.